The largest absolute Gasteiger partial charge is 0.416 e. The van der Waals surface area contributed by atoms with E-state index in [2.05, 4.69) is 0 Å². The summed E-state index contributed by atoms with van der Waals surface area (Å²) in [6, 6.07) is 2.57. The monoisotopic (exact) mass is 294 g/mol. The average Bonchev–Trinajstić information content (AvgIpc) is 2.48. The zero-order valence-corrected chi connectivity index (χ0v) is 11.1. The minimum atomic E-state index is -4.51. The Kier molecular flexibility index (Phi) is 2.98. The summed E-state index contributed by atoms with van der Waals surface area (Å²) < 4.78 is 62.0. The van der Waals surface area contributed by atoms with Crippen LogP contribution in [0.5, 0.6) is 0 Å². The second-order valence-electron chi connectivity index (χ2n) is 5.21. The van der Waals surface area contributed by atoms with E-state index in [1.165, 1.54) is 13.8 Å². The summed E-state index contributed by atoms with van der Waals surface area (Å²) in [6.07, 6.45) is -4.61. The second-order valence-corrected chi connectivity index (χ2v) is 7.31. The fourth-order valence-corrected chi connectivity index (χ4v) is 4.52. The molecule has 1 aliphatic heterocycles. The molecule has 0 radical (unpaired) electrons. The molecule has 0 saturated carbocycles. The maximum Gasteiger partial charge on any atom is 0.416 e. The average molecular weight is 294 g/mol. The molecule has 0 bridgehead atoms. The third kappa shape index (κ3) is 2.36. The molecule has 0 aromatic heterocycles. The van der Waals surface area contributed by atoms with Crippen LogP contribution < -0.4 is 0 Å². The third-order valence-electron chi connectivity index (χ3n) is 3.26. The van der Waals surface area contributed by atoms with Gasteiger partial charge < -0.3 is 5.11 Å². The lowest BCUT2D eigenvalue weighted by molar-refractivity contribution is -0.137. The van der Waals surface area contributed by atoms with Gasteiger partial charge in [-0.2, -0.15) is 13.2 Å². The maximum atomic E-state index is 12.6. The van der Waals surface area contributed by atoms with Crippen molar-refractivity contribution < 1.29 is 26.7 Å². The predicted octanol–water partition coefficient (Wildman–Crippen LogP) is 2.17. The van der Waals surface area contributed by atoms with E-state index in [9.17, 15) is 26.7 Å². The van der Waals surface area contributed by atoms with E-state index in [-0.39, 0.29) is 16.9 Å². The SMILES string of the molecule is CC(C)(O)C1Cc2cc(C(F)(F)F)ccc2S1(=O)=O. The summed E-state index contributed by atoms with van der Waals surface area (Å²) in [6.45, 7) is 2.68. The first-order valence-corrected chi connectivity index (χ1v) is 7.15. The maximum absolute atomic E-state index is 12.6. The highest BCUT2D eigenvalue weighted by Crippen LogP contribution is 2.39. The van der Waals surface area contributed by atoms with Gasteiger partial charge >= 0.3 is 6.18 Å². The lowest BCUT2D eigenvalue weighted by Gasteiger charge is -2.24. The molecule has 19 heavy (non-hydrogen) atoms. The van der Waals surface area contributed by atoms with E-state index in [1.54, 1.807) is 0 Å². The number of alkyl halides is 3. The molecular weight excluding hydrogens is 281 g/mol. The fraction of sp³-hybridized carbons (Fsp3) is 0.500. The first-order valence-electron chi connectivity index (χ1n) is 5.60. The summed E-state index contributed by atoms with van der Waals surface area (Å²) in [5.74, 6) is 0. The van der Waals surface area contributed by atoms with Crippen molar-refractivity contribution in [2.45, 2.75) is 42.2 Å². The molecule has 2 rings (SSSR count). The Morgan fingerprint density at radius 2 is 1.84 bits per heavy atom. The van der Waals surface area contributed by atoms with Gasteiger partial charge in [0.15, 0.2) is 9.84 Å². The van der Waals surface area contributed by atoms with E-state index in [0.717, 1.165) is 18.2 Å². The minimum Gasteiger partial charge on any atom is -0.389 e. The first-order chi connectivity index (χ1) is 8.44. The van der Waals surface area contributed by atoms with Crippen molar-refractivity contribution in [3.63, 3.8) is 0 Å². The van der Waals surface area contributed by atoms with E-state index < -0.39 is 32.4 Å². The molecule has 1 heterocycles. The Hall–Kier alpha value is -1.08. The first kappa shape index (κ1) is 14.3. The molecule has 1 aliphatic rings. The standard InChI is InChI=1S/C12H13F3O3S/c1-11(2,16)10-6-7-5-8(12(13,14)15)3-4-9(7)19(10,17)18/h3-5,10,16H,6H2,1-2H3. The van der Waals surface area contributed by atoms with Crippen LogP contribution in [0.15, 0.2) is 23.1 Å². The Labute approximate surface area is 109 Å². The van der Waals surface area contributed by atoms with Crippen LogP contribution in [0, 0.1) is 0 Å². The highest BCUT2D eigenvalue weighted by atomic mass is 32.2. The predicted molar refractivity (Wildman–Crippen MR) is 62.4 cm³/mol. The van der Waals surface area contributed by atoms with Gasteiger partial charge in [0, 0.05) is 0 Å². The molecule has 0 fully saturated rings. The van der Waals surface area contributed by atoms with Gasteiger partial charge in [0.25, 0.3) is 0 Å². The second kappa shape index (κ2) is 3.96. The molecular formula is C12H13F3O3S. The molecule has 1 aromatic carbocycles. The van der Waals surface area contributed by atoms with Crippen molar-refractivity contribution in [2.75, 3.05) is 0 Å². The number of sulfone groups is 1. The van der Waals surface area contributed by atoms with Crippen molar-refractivity contribution in [3.05, 3.63) is 29.3 Å². The van der Waals surface area contributed by atoms with Crippen LogP contribution in [-0.2, 0) is 22.4 Å². The summed E-state index contributed by atoms with van der Waals surface area (Å²) >= 11 is 0. The van der Waals surface area contributed by atoms with Crippen LogP contribution in [0.1, 0.15) is 25.0 Å². The lowest BCUT2D eigenvalue weighted by atomic mass is 9.97. The normalized spacial score (nSPS) is 22.3. The van der Waals surface area contributed by atoms with Crippen LogP contribution in [0.4, 0.5) is 13.2 Å². The fourth-order valence-electron chi connectivity index (χ4n) is 2.29. The van der Waals surface area contributed by atoms with E-state index in [0.29, 0.717) is 0 Å². The van der Waals surface area contributed by atoms with Gasteiger partial charge in [0.2, 0.25) is 0 Å². The van der Waals surface area contributed by atoms with Crippen LogP contribution in [0.25, 0.3) is 0 Å². The third-order valence-corrected chi connectivity index (χ3v) is 5.77. The van der Waals surface area contributed by atoms with Crippen LogP contribution >= 0.6 is 0 Å². The summed E-state index contributed by atoms with van der Waals surface area (Å²) in [7, 11) is -3.78. The Morgan fingerprint density at radius 3 is 2.32 bits per heavy atom. The highest BCUT2D eigenvalue weighted by Gasteiger charge is 2.46. The van der Waals surface area contributed by atoms with Gasteiger partial charge in [0.05, 0.1) is 21.3 Å². The zero-order chi connectivity index (χ0) is 14.6. The van der Waals surface area contributed by atoms with E-state index in [4.69, 9.17) is 0 Å². The number of benzene rings is 1. The molecule has 3 nitrogen and oxygen atoms in total. The summed E-state index contributed by atoms with van der Waals surface area (Å²) in [5.41, 5.74) is -2.27. The summed E-state index contributed by atoms with van der Waals surface area (Å²) in [4.78, 5) is -0.118. The molecule has 1 N–H and O–H groups in total. The van der Waals surface area contributed by atoms with Crippen molar-refractivity contribution in [1.82, 2.24) is 0 Å². The molecule has 1 atom stereocenters. The zero-order valence-electron chi connectivity index (χ0n) is 10.3. The number of hydrogen-bond donors (Lipinski definition) is 1. The van der Waals surface area contributed by atoms with Gasteiger partial charge in [-0.05, 0) is 44.0 Å². The topological polar surface area (TPSA) is 54.4 Å². The molecule has 0 spiro atoms. The molecule has 1 aromatic rings. The van der Waals surface area contributed by atoms with Crippen molar-refractivity contribution >= 4 is 9.84 Å². The van der Waals surface area contributed by atoms with Crippen LogP contribution in [0.2, 0.25) is 0 Å². The highest BCUT2D eigenvalue weighted by molar-refractivity contribution is 7.92. The van der Waals surface area contributed by atoms with Gasteiger partial charge in [-0.1, -0.05) is 0 Å². The molecule has 106 valence electrons. The van der Waals surface area contributed by atoms with E-state index >= 15 is 0 Å². The number of aliphatic hydroxyl groups is 1. The Morgan fingerprint density at radius 1 is 1.26 bits per heavy atom. The number of hydrogen-bond acceptors (Lipinski definition) is 3. The molecule has 0 amide bonds. The quantitative estimate of drug-likeness (QED) is 0.863. The molecule has 7 heteroatoms. The van der Waals surface area contributed by atoms with Crippen LogP contribution in [0.3, 0.4) is 0 Å². The van der Waals surface area contributed by atoms with Crippen LogP contribution in [-0.4, -0.2) is 24.4 Å². The van der Waals surface area contributed by atoms with Gasteiger partial charge in [-0.25, -0.2) is 8.42 Å². The molecule has 0 aliphatic carbocycles. The van der Waals surface area contributed by atoms with Crippen molar-refractivity contribution in [2.24, 2.45) is 0 Å². The lowest BCUT2D eigenvalue weighted by Crippen LogP contribution is -2.40. The van der Waals surface area contributed by atoms with Crippen molar-refractivity contribution in [1.29, 1.82) is 0 Å². The van der Waals surface area contributed by atoms with Gasteiger partial charge in [-0.3, -0.25) is 0 Å². The van der Waals surface area contributed by atoms with Gasteiger partial charge in [0.1, 0.15) is 0 Å². The number of rotatable bonds is 1. The summed E-state index contributed by atoms with van der Waals surface area (Å²) in [5, 5.41) is 8.74. The molecule has 1 unspecified atom stereocenters. The number of halogens is 3. The Bertz CT molecular complexity index is 612. The smallest absolute Gasteiger partial charge is 0.389 e. The van der Waals surface area contributed by atoms with Gasteiger partial charge in [-0.15, -0.1) is 0 Å². The Balaban J connectivity index is 2.55. The molecule has 0 saturated heterocycles. The van der Waals surface area contributed by atoms with E-state index in [1.807, 2.05) is 0 Å². The number of fused-ring (bicyclic) bond motifs is 1. The van der Waals surface area contributed by atoms with Crippen molar-refractivity contribution in [3.8, 4) is 0 Å². The minimum absolute atomic E-state index is 0.106.